The minimum atomic E-state index is -0.199. The van der Waals surface area contributed by atoms with Crippen molar-refractivity contribution in [1.29, 1.82) is 0 Å². The van der Waals surface area contributed by atoms with E-state index in [4.69, 9.17) is 4.74 Å². The predicted octanol–water partition coefficient (Wildman–Crippen LogP) is 3.87. The van der Waals surface area contributed by atoms with Crippen LogP contribution in [-0.4, -0.2) is 23.8 Å². The van der Waals surface area contributed by atoms with Crippen LogP contribution in [0.5, 0.6) is 5.75 Å². The quantitative estimate of drug-likeness (QED) is 0.640. The third-order valence-electron chi connectivity index (χ3n) is 4.50. The number of anilines is 1. The lowest BCUT2D eigenvalue weighted by molar-refractivity contribution is -0.117. The molecule has 6 nitrogen and oxygen atoms in total. The monoisotopic (exact) mass is 417 g/mol. The first-order chi connectivity index (χ1) is 14.6. The van der Waals surface area contributed by atoms with Crippen molar-refractivity contribution >= 4 is 41.0 Å². The number of aromatic nitrogens is 1. The van der Waals surface area contributed by atoms with E-state index in [0.29, 0.717) is 12.3 Å². The molecular formula is C23H19N3O3S. The van der Waals surface area contributed by atoms with Gasteiger partial charge in [0.1, 0.15) is 0 Å². The lowest BCUT2D eigenvalue weighted by atomic mass is 10.2. The molecule has 0 bridgehead atoms. The van der Waals surface area contributed by atoms with E-state index in [9.17, 15) is 9.59 Å². The number of fused-ring (bicyclic) bond motifs is 1. The van der Waals surface area contributed by atoms with E-state index in [1.807, 2.05) is 48.5 Å². The van der Waals surface area contributed by atoms with Gasteiger partial charge in [-0.1, -0.05) is 12.1 Å². The first-order valence-corrected chi connectivity index (χ1v) is 10.1. The molecule has 3 aromatic rings. The molecule has 1 aliphatic rings. The summed E-state index contributed by atoms with van der Waals surface area (Å²) in [5, 5.41) is 2.83. The van der Waals surface area contributed by atoms with Gasteiger partial charge in [-0.15, -0.1) is 11.3 Å². The summed E-state index contributed by atoms with van der Waals surface area (Å²) in [7, 11) is 1.73. The third-order valence-corrected chi connectivity index (χ3v) is 5.50. The van der Waals surface area contributed by atoms with E-state index >= 15 is 0 Å². The average molecular weight is 417 g/mol. The van der Waals surface area contributed by atoms with Crippen LogP contribution in [0, 0.1) is 0 Å². The summed E-state index contributed by atoms with van der Waals surface area (Å²) in [5.74, 6) is 0.538. The molecule has 7 heteroatoms. The van der Waals surface area contributed by atoms with E-state index in [1.54, 1.807) is 36.5 Å². The Labute approximate surface area is 178 Å². The Morgan fingerprint density at radius 1 is 1.13 bits per heavy atom. The number of ether oxygens (including phenoxy) is 1. The Bertz CT molecular complexity index is 1140. The highest BCUT2D eigenvalue weighted by atomic mass is 32.1. The fourth-order valence-corrected chi connectivity index (χ4v) is 3.77. The van der Waals surface area contributed by atoms with Gasteiger partial charge in [0.25, 0.3) is 5.91 Å². The molecule has 0 unspecified atom stereocenters. The Hall–Kier alpha value is -3.71. The molecule has 2 aromatic heterocycles. The van der Waals surface area contributed by atoms with Crippen molar-refractivity contribution in [3.63, 3.8) is 0 Å². The van der Waals surface area contributed by atoms with Crippen molar-refractivity contribution < 1.29 is 14.3 Å². The number of amides is 2. The number of pyridine rings is 1. The second-order valence-corrected chi connectivity index (χ2v) is 7.74. The Kier molecular flexibility index (Phi) is 5.72. The summed E-state index contributed by atoms with van der Waals surface area (Å²) in [4.78, 5) is 31.9. The van der Waals surface area contributed by atoms with Crippen LogP contribution in [0.1, 0.15) is 15.3 Å². The van der Waals surface area contributed by atoms with Gasteiger partial charge < -0.3 is 15.0 Å². The SMILES string of the molecule is CN1C(=O)/C(=C/c2ccc(/C=C/C(=O)NCc3ccncc3)s2)Oc2ccccc21. The van der Waals surface area contributed by atoms with Crippen LogP contribution < -0.4 is 15.0 Å². The zero-order chi connectivity index (χ0) is 20.9. The fraction of sp³-hybridized carbons (Fsp3) is 0.0870. The molecule has 1 aromatic carbocycles. The zero-order valence-electron chi connectivity index (χ0n) is 16.2. The Morgan fingerprint density at radius 3 is 2.73 bits per heavy atom. The molecule has 3 heterocycles. The number of hydrogen-bond acceptors (Lipinski definition) is 5. The molecule has 0 aliphatic carbocycles. The lowest BCUT2D eigenvalue weighted by Crippen LogP contribution is -2.33. The maximum atomic E-state index is 12.6. The Balaban J connectivity index is 1.41. The van der Waals surface area contributed by atoms with Gasteiger partial charge >= 0.3 is 0 Å². The number of thiophene rings is 1. The topological polar surface area (TPSA) is 71.5 Å². The van der Waals surface area contributed by atoms with Crippen molar-refractivity contribution in [2.45, 2.75) is 6.54 Å². The van der Waals surface area contributed by atoms with Gasteiger partial charge in [-0.05, 0) is 48.0 Å². The van der Waals surface area contributed by atoms with Gasteiger partial charge in [-0.25, -0.2) is 0 Å². The van der Waals surface area contributed by atoms with E-state index in [1.165, 1.54) is 17.4 Å². The molecule has 4 rings (SSSR count). The first-order valence-electron chi connectivity index (χ1n) is 9.31. The van der Waals surface area contributed by atoms with Crippen LogP contribution in [0.3, 0.4) is 0 Å². The summed E-state index contributed by atoms with van der Waals surface area (Å²) < 4.78 is 5.79. The number of hydrogen-bond donors (Lipinski definition) is 1. The smallest absolute Gasteiger partial charge is 0.293 e. The van der Waals surface area contributed by atoms with Gasteiger partial charge in [0.05, 0.1) is 5.69 Å². The number of carbonyl (C=O) groups excluding carboxylic acids is 2. The van der Waals surface area contributed by atoms with Gasteiger partial charge in [0.2, 0.25) is 5.91 Å². The maximum Gasteiger partial charge on any atom is 0.293 e. The second kappa shape index (κ2) is 8.75. The van der Waals surface area contributed by atoms with Gasteiger partial charge in [-0.2, -0.15) is 0 Å². The molecule has 1 aliphatic heterocycles. The van der Waals surface area contributed by atoms with Crippen molar-refractivity contribution in [2.75, 3.05) is 11.9 Å². The van der Waals surface area contributed by atoms with E-state index in [-0.39, 0.29) is 17.6 Å². The predicted molar refractivity (Wildman–Crippen MR) is 118 cm³/mol. The zero-order valence-corrected chi connectivity index (χ0v) is 17.1. The van der Waals surface area contributed by atoms with Crippen LogP contribution in [0.2, 0.25) is 0 Å². The van der Waals surface area contributed by atoms with Crippen molar-refractivity contribution in [1.82, 2.24) is 10.3 Å². The highest BCUT2D eigenvalue weighted by Gasteiger charge is 2.27. The minimum Gasteiger partial charge on any atom is -0.449 e. The molecule has 0 radical (unpaired) electrons. The average Bonchev–Trinajstić information content (AvgIpc) is 3.22. The van der Waals surface area contributed by atoms with Crippen molar-refractivity contribution in [2.24, 2.45) is 0 Å². The number of benzene rings is 1. The number of nitrogens with zero attached hydrogens (tertiary/aromatic N) is 2. The standard InChI is InChI=1S/C23H19N3O3S/c1-26-19-4-2-3-5-20(19)29-21(23(26)28)14-18-7-6-17(30-18)8-9-22(27)25-15-16-10-12-24-13-11-16/h2-14H,15H2,1H3,(H,25,27)/b9-8+,21-14-. The van der Waals surface area contributed by atoms with Crippen LogP contribution >= 0.6 is 11.3 Å². The van der Waals surface area contributed by atoms with Crippen molar-refractivity contribution in [3.8, 4) is 5.75 Å². The van der Waals surface area contributed by atoms with E-state index in [2.05, 4.69) is 10.3 Å². The number of nitrogens with one attached hydrogen (secondary N) is 1. The summed E-state index contributed by atoms with van der Waals surface area (Å²) in [6.45, 7) is 0.446. The van der Waals surface area contributed by atoms with Gasteiger partial charge in [0.15, 0.2) is 11.5 Å². The Morgan fingerprint density at radius 2 is 1.90 bits per heavy atom. The van der Waals surface area contributed by atoms with E-state index in [0.717, 1.165) is 21.0 Å². The summed E-state index contributed by atoms with van der Waals surface area (Å²) in [6, 6.07) is 14.9. The number of rotatable bonds is 5. The first kappa shape index (κ1) is 19.6. The fourth-order valence-electron chi connectivity index (χ4n) is 2.92. The molecule has 150 valence electrons. The summed E-state index contributed by atoms with van der Waals surface area (Å²) in [5.41, 5.74) is 1.73. The molecule has 0 saturated heterocycles. The molecule has 0 saturated carbocycles. The molecule has 0 atom stereocenters. The maximum absolute atomic E-state index is 12.6. The van der Waals surface area contributed by atoms with Gasteiger partial charge in [-0.3, -0.25) is 14.6 Å². The molecule has 1 N–H and O–H groups in total. The summed E-state index contributed by atoms with van der Waals surface area (Å²) >= 11 is 1.47. The molecule has 30 heavy (non-hydrogen) atoms. The lowest BCUT2D eigenvalue weighted by Gasteiger charge is -2.27. The van der Waals surface area contributed by atoms with Crippen LogP contribution in [-0.2, 0) is 16.1 Å². The third kappa shape index (κ3) is 4.47. The van der Waals surface area contributed by atoms with Crippen LogP contribution in [0.25, 0.3) is 12.2 Å². The second-order valence-electron chi connectivity index (χ2n) is 6.59. The van der Waals surface area contributed by atoms with Crippen molar-refractivity contribution in [3.05, 3.63) is 88.1 Å². The highest BCUT2D eigenvalue weighted by molar-refractivity contribution is 7.13. The number of likely N-dealkylation sites (N-methyl/N-ethyl adjacent to an activating group) is 1. The molecule has 0 fully saturated rings. The summed E-state index contributed by atoms with van der Waals surface area (Å²) in [6.07, 6.45) is 8.35. The van der Waals surface area contributed by atoms with Crippen LogP contribution in [0.15, 0.2) is 72.8 Å². The highest BCUT2D eigenvalue weighted by Crippen LogP contribution is 2.35. The largest absolute Gasteiger partial charge is 0.449 e. The minimum absolute atomic E-state index is 0.177. The number of carbonyl (C=O) groups is 2. The normalized spacial score (nSPS) is 14.6. The molecule has 0 spiro atoms. The van der Waals surface area contributed by atoms with Crippen LogP contribution in [0.4, 0.5) is 5.69 Å². The molecule has 2 amide bonds. The van der Waals surface area contributed by atoms with Gasteiger partial charge in [0, 0.05) is 47.9 Å². The number of para-hydroxylation sites is 2. The molecular weight excluding hydrogens is 398 g/mol. The van der Waals surface area contributed by atoms with E-state index < -0.39 is 0 Å².